The fourth-order valence-electron chi connectivity index (χ4n) is 2.54. The van der Waals surface area contributed by atoms with Crippen LogP contribution < -0.4 is 30.2 Å². The molecule has 0 radical (unpaired) electrons. The molecule has 30 heavy (non-hydrogen) atoms. The van der Waals surface area contributed by atoms with E-state index in [1.165, 1.54) is 0 Å². The zero-order valence-electron chi connectivity index (χ0n) is 17.7. The minimum Gasteiger partial charge on any atom is -0.497 e. The molecule has 3 N–H and O–H groups in total. The van der Waals surface area contributed by atoms with Gasteiger partial charge < -0.3 is 30.2 Å². The number of carbonyl (C=O) groups is 1. The molecule has 0 aliphatic heterocycles. The van der Waals surface area contributed by atoms with Gasteiger partial charge in [0.05, 0.1) is 27.9 Å². The Morgan fingerprint density at radius 1 is 0.933 bits per heavy atom. The minimum absolute atomic E-state index is 0. The van der Waals surface area contributed by atoms with Crippen molar-refractivity contribution in [3.05, 3.63) is 48.0 Å². The Hall–Kier alpha value is -2.69. The van der Waals surface area contributed by atoms with Crippen molar-refractivity contribution in [1.29, 1.82) is 0 Å². The lowest BCUT2D eigenvalue weighted by Crippen LogP contribution is -2.32. The van der Waals surface area contributed by atoms with Crippen molar-refractivity contribution in [1.82, 2.24) is 10.6 Å². The Labute approximate surface area is 194 Å². The van der Waals surface area contributed by atoms with Gasteiger partial charge in [0.1, 0.15) is 5.75 Å². The summed E-state index contributed by atoms with van der Waals surface area (Å²) in [6, 6.07) is 12.5. The number of methoxy groups -OCH3 is 3. The first kappa shape index (κ1) is 25.3. The first-order valence-corrected chi connectivity index (χ1v) is 9.30. The van der Waals surface area contributed by atoms with Crippen LogP contribution in [0.25, 0.3) is 0 Å². The number of benzene rings is 2. The number of carbonyl (C=O) groups excluding carboxylic acids is 1. The van der Waals surface area contributed by atoms with Gasteiger partial charge in [-0.2, -0.15) is 0 Å². The highest BCUT2D eigenvalue weighted by atomic mass is 127. The molecule has 0 saturated carbocycles. The summed E-state index contributed by atoms with van der Waals surface area (Å²) in [5.41, 5.74) is 1.38. The van der Waals surface area contributed by atoms with Gasteiger partial charge in [-0.3, -0.25) is 9.79 Å². The van der Waals surface area contributed by atoms with Crippen LogP contribution in [0.2, 0.25) is 0 Å². The Bertz CT molecular complexity index is 828. The molecule has 2 aromatic carbocycles. The zero-order valence-corrected chi connectivity index (χ0v) is 20.0. The summed E-state index contributed by atoms with van der Waals surface area (Å²) < 4.78 is 15.7. The Morgan fingerprint density at radius 2 is 1.63 bits per heavy atom. The van der Waals surface area contributed by atoms with Gasteiger partial charge in [-0.1, -0.05) is 0 Å². The minimum atomic E-state index is -0.152. The third-order valence-corrected chi connectivity index (χ3v) is 4.01. The fourth-order valence-corrected chi connectivity index (χ4v) is 2.54. The van der Waals surface area contributed by atoms with Crippen LogP contribution in [-0.2, 0) is 0 Å². The summed E-state index contributed by atoms with van der Waals surface area (Å²) in [6.45, 7) is 3.52. The summed E-state index contributed by atoms with van der Waals surface area (Å²) in [5.74, 6) is 2.45. The third kappa shape index (κ3) is 7.62. The van der Waals surface area contributed by atoms with E-state index in [0.717, 1.165) is 5.69 Å². The number of halogens is 1. The molecule has 0 fully saturated rings. The normalized spacial score (nSPS) is 10.5. The van der Waals surface area contributed by atoms with E-state index in [-0.39, 0.29) is 29.9 Å². The summed E-state index contributed by atoms with van der Waals surface area (Å²) in [6.07, 6.45) is 0. The maximum Gasteiger partial charge on any atom is 0.251 e. The van der Waals surface area contributed by atoms with Crippen molar-refractivity contribution in [2.24, 2.45) is 4.99 Å². The zero-order chi connectivity index (χ0) is 21.1. The fraction of sp³-hybridized carbons (Fsp3) is 0.333. The van der Waals surface area contributed by atoms with E-state index in [2.05, 4.69) is 20.9 Å². The predicted octanol–water partition coefficient (Wildman–Crippen LogP) is 3.14. The van der Waals surface area contributed by atoms with Crippen molar-refractivity contribution in [3.8, 4) is 17.2 Å². The number of anilines is 1. The molecule has 0 aromatic heterocycles. The van der Waals surface area contributed by atoms with Crippen molar-refractivity contribution >= 4 is 41.5 Å². The smallest absolute Gasteiger partial charge is 0.251 e. The number of nitrogens with zero attached hydrogens (tertiary/aromatic N) is 1. The van der Waals surface area contributed by atoms with E-state index in [0.29, 0.717) is 48.4 Å². The summed E-state index contributed by atoms with van der Waals surface area (Å²) in [5, 5.41) is 9.24. The number of nitrogens with one attached hydrogen (secondary N) is 3. The lowest BCUT2D eigenvalue weighted by molar-refractivity contribution is 0.0955. The Kier molecular flexibility index (Phi) is 11.4. The number of guanidine groups is 1. The van der Waals surface area contributed by atoms with Crippen LogP contribution in [0, 0.1) is 0 Å². The molecule has 0 atom stereocenters. The van der Waals surface area contributed by atoms with Crippen LogP contribution in [0.15, 0.2) is 47.5 Å². The number of aliphatic imine (C=N–C) groups is 1. The number of amides is 1. The van der Waals surface area contributed by atoms with Crippen LogP contribution in [-0.4, -0.2) is 52.8 Å². The number of hydrogen-bond donors (Lipinski definition) is 3. The van der Waals surface area contributed by atoms with Crippen LogP contribution in [0.3, 0.4) is 0 Å². The van der Waals surface area contributed by atoms with Gasteiger partial charge in [0.2, 0.25) is 0 Å². The molecule has 0 heterocycles. The van der Waals surface area contributed by atoms with E-state index in [1.807, 2.05) is 25.1 Å². The van der Waals surface area contributed by atoms with Gasteiger partial charge in [0.25, 0.3) is 5.91 Å². The molecule has 0 spiro atoms. The molecule has 0 saturated heterocycles. The van der Waals surface area contributed by atoms with E-state index < -0.39 is 0 Å². The molecule has 2 aromatic rings. The van der Waals surface area contributed by atoms with Crippen molar-refractivity contribution in [2.75, 3.05) is 46.3 Å². The molecule has 2 rings (SSSR count). The van der Waals surface area contributed by atoms with E-state index in [1.54, 1.807) is 45.6 Å². The highest BCUT2D eigenvalue weighted by molar-refractivity contribution is 14.0. The molecular weight excluding hydrogens is 499 g/mol. The first-order valence-electron chi connectivity index (χ1n) is 9.30. The maximum atomic E-state index is 12.2. The summed E-state index contributed by atoms with van der Waals surface area (Å²) in [7, 11) is 4.77. The van der Waals surface area contributed by atoms with Crippen molar-refractivity contribution < 1.29 is 19.0 Å². The van der Waals surface area contributed by atoms with Gasteiger partial charge in [0.15, 0.2) is 17.5 Å². The molecular formula is C21H29IN4O4. The second kappa shape index (κ2) is 13.5. The van der Waals surface area contributed by atoms with Crippen LogP contribution in [0.1, 0.15) is 17.3 Å². The largest absolute Gasteiger partial charge is 0.497 e. The average molecular weight is 528 g/mol. The Morgan fingerprint density at radius 3 is 2.23 bits per heavy atom. The predicted molar refractivity (Wildman–Crippen MR) is 130 cm³/mol. The number of hydrogen-bond acceptors (Lipinski definition) is 5. The first-order chi connectivity index (χ1) is 14.1. The third-order valence-electron chi connectivity index (χ3n) is 4.01. The summed E-state index contributed by atoms with van der Waals surface area (Å²) >= 11 is 0. The molecule has 1 amide bonds. The maximum absolute atomic E-state index is 12.2. The monoisotopic (exact) mass is 528 g/mol. The van der Waals surface area contributed by atoms with Gasteiger partial charge in [-0.05, 0) is 43.3 Å². The number of rotatable bonds is 9. The molecule has 0 bridgehead atoms. The van der Waals surface area contributed by atoms with E-state index in [4.69, 9.17) is 14.2 Å². The van der Waals surface area contributed by atoms with Gasteiger partial charge in [-0.15, -0.1) is 24.0 Å². The number of ether oxygens (including phenoxy) is 3. The molecule has 9 heteroatoms. The lowest BCUT2D eigenvalue weighted by atomic mass is 10.2. The Balaban J connectivity index is 0.00000450. The second-order valence-corrected chi connectivity index (χ2v) is 5.94. The second-order valence-electron chi connectivity index (χ2n) is 5.94. The lowest BCUT2D eigenvalue weighted by Gasteiger charge is -2.14. The average Bonchev–Trinajstić information content (AvgIpc) is 2.76. The van der Waals surface area contributed by atoms with Gasteiger partial charge in [0, 0.05) is 30.4 Å². The highest BCUT2D eigenvalue weighted by Crippen LogP contribution is 2.29. The van der Waals surface area contributed by atoms with Crippen molar-refractivity contribution in [3.63, 3.8) is 0 Å². The van der Waals surface area contributed by atoms with Crippen molar-refractivity contribution in [2.45, 2.75) is 6.92 Å². The topological polar surface area (TPSA) is 93.2 Å². The molecule has 0 aliphatic carbocycles. The molecule has 164 valence electrons. The standard InChI is InChI=1S/C21H28N4O4.HI/c1-5-22-21(25-16-8-11-18(28-3)19(14-16)29-4)24-13-12-23-20(26)15-6-9-17(27-2)10-7-15;/h6-11,14H,5,12-13H2,1-4H3,(H,23,26)(H2,22,24,25);1H. The molecule has 0 aliphatic rings. The molecule has 0 unspecified atom stereocenters. The van der Waals surface area contributed by atoms with Gasteiger partial charge in [-0.25, -0.2) is 0 Å². The summed E-state index contributed by atoms with van der Waals surface area (Å²) in [4.78, 5) is 16.7. The highest BCUT2D eigenvalue weighted by Gasteiger charge is 2.07. The molecule has 8 nitrogen and oxygen atoms in total. The van der Waals surface area contributed by atoms with E-state index in [9.17, 15) is 4.79 Å². The van der Waals surface area contributed by atoms with Gasteiger partial charge >= 0.3 is 0 Å². The van der Waals surface area contributed by atoms with Crippen LogP contribution >= 0.6 is 24.0 Å². The van der Waals surface area contributed by atoms with Crippen LogP contribution in [0.4, 0.5) is 5.69 Å². The SMILES string of the molecule is CCNC(=NCCNC(=O)c1ccc(OC)cc1)Nc1ccc(OC)c(OC)c1.I. The van der Waals surface area contributed by atoms with Crippen LogP contribution in [0.5, 0.6) is 17.2 Å². The quantitative estimate of drug-likeness (QED) is 0.201. The van der Waals surface area contributed by atoms with E-state index >= 15 is 0 Å².